The quantitative estimate of drug-likeness (QED) is 0.945. The number of pyridine rings is 1. The largest absolute Gasteiger partial charge is 0.384 e. The number of benzene rings is 1. The van der Waals surface area contributed by atoms with Crippen LogP contribution >= 0.6 is 0 Å². The lowest BCUT2D eigenvalue weighted by molar-refractivity contribution is -0.130. The van der Waals surface area contributed by atoms with Crippen molar-refractivity contribution in [1.82, 2.24) is 9.88 Å². The zero-order chi connectivity index (χ0) is 16.4. The van der Waals surface area contributed by atoms with E-state index in [0.717, 1.165) is 32.0 Å². The number of piperidine rings is 1. The maximum absolute atomic E-state index is 13.8. The Labute approximate surface area is 133 Å². The van der Waals surface area contributed by atoms with Crippen molar-refractivity contribution in [1.29, 1.82) is 0 Å². The molecule has 0 atom stereocenters. The number of nitrogens with one attached hydrogen (secondary N) is 1. The van der Waals surface area contributed by atoms with E-state index in [1.54, 1.807) is 13.0 Å². The molecule has 1 N–H and O–H groups in total. The van der Waals surface area contributed by atoms with Crippen LogP contribution in [0.2, 0.25) is 0 Å². The first-order valence-corrected chi connectivity index (χ1v) is 7.77. The van der Waals surface area contributed by atoms with Crippen molar-refractivity contribution in [3.63, 3.8) is 0 Å². The van der Waals surface area contributed by atoms with E-state index in [0.29, 0.717) is 23.5 Å². The van der Waals surface area contributed by atoms with Gasteiger partial charge in [0.1, 0.15) is 11.3 Å². The molecule has 1 aromatic heterocycles. The van der Waals surface area contributed by atoms with E-state index in [1.165, 1.54) is 12.3 Å². The average molecular weight is 319 g/mol. The summed E-state index contributed by atoms with van der Waals surface area (Å²) in [6.07, 6.45) is 3.38. The number of carbonyl (C=O) groups is 1. The zero-order valence-electron chi connectivity index (χ0n) is 13.0. The monoisotopic (exact) mass is 319 g/mol. The van der Waals surface area contributed by atoms with Crippen LogP contribution in [0.15, 0.2) is 24.4 Å². The Bertz CT molecular complexity index is 727. The molecular formula is C17H19F2N3O. The third kappa shape index (κ3) is 3.41. The molecule has 122 valence electrons. The Hall–Kier alpha value is -2.24. The van der Waals surface area contributed by atoms with Crippen molar-refractivity contribution in [2.24, 2.45) is 5.92 Å². The van der Waals surface area contributed by atoms with Crippen molar-refractivity contribution < 1.29 is 13.6 Å². The van der Waals surface area contributed by atoms with Crippen LogP contribution in [0.5, 0.6) is 0 Å². The number of carbonyl (C=O) groups excluding carboxylic acids is 1. The fourth-order valence-corrected chi connectivity index (χ4v) is 3.04. The number of anilines is 1. The van der Waals surface area contributed by atoms with E-state index in [1.807, 2.05) is 4.90 Å². The van der Waals surface area contributed by atoms with Gasteiger partial charge < -0.3 is 10.2 Å². The minimum atomic E-state index is -0.654. The fraction of sp³-hybridized carbons (Fsp3) is 0.412. The van der Waals surface area contributed by atoms with E-state index in [9.17, 15) is 13.6 Å². The van der Waals surface area contributed by atoms with Crippen molar-refractivity contribution >= 4 is 22.5 Å². The zero-order valence-corrected chi connectivity index (χ0v) is 13.0. The van der Waals surface area contributed by atoms with Gasteiger partial charge in [-0.05, 0) is 30.9 Å². The van der Waals surface area contributed by atoms with Crippen LogP contribution in [0, 0.1) is 17.6 Å². The number of hydrogen-bond donors (Lipinski definition) is 1. The number of nitrogens with zero attached hydrogens (tertiary/aromatic N) is 2. The van der Waals surface area contributed by atoms with Crippen LogP contribution in [-0.4, -0.2) is 35.4 Å². The summed E-state index contributed by atoms with van der Waals surface area (Å²) in [5, 5.41) is 3.73. The number of halogens is 2. The first kappa shape index (κ1) is 15.6. The molecule has 2 heterocycles. The van der Waals surface area contributed by atoms with E-state index in [4.69, 9.17) is 0 Å². The van der Waals surface area contributed by atoms with Gasteiger partial charge in [-0.1, -0.05) is 0 Å². The molecule has 0 radical (unpaired) electrons. The molecule has 6 heteroatoms. The highest BCUT2D eigenvalue weighted by Crippen LogP contribution is 2.26. The Kier molecular flexibility index (Phi) is 4.41. The Morgan fingerprint density at radius 2 is 2.09 bits per heavy atom. The minimum Gasteiger partial charge on any atom is -0.384 e. The van der Waals surface area contributed by atoms with E-state index in [-0.39, 0.29) is 11.4 Å². The van der Waals surface area contributed by atoms with E-state index in [2.05, 4.69) is 10.3 Å². The maximum Gasteiger partial charge on any atom is 0.219 e. The van der Waals surface area contributed by atoms with Gasteiger partial charge in [-0.3, -0.25) is 9.78 Å². The van der Waals surface area contributed by atoms with Crippen molar-refractivity contribution in [3.8, 4) is 0 Å². The van der Waals surface area contributed by atoms with Crippen molar-refractivity contribution in [2.75, 3.05) is 25.0 Å². The molecule has 0 bridgehead atoms. The normalized spacial score (nSPS) is 15.9. The summed E-state index contributed by atoms with van der Waals surface area (Å²) >= 11 is 0. The predicted molar refractivity (Wildman–Crippen MR) is 85.1 cm³/mol. The van der Waals surface area contributed by atoms with Gasteiger partial charge in [0.05, 0.1) is 0 Å². The topological polar surface area (TPSA) is 45.2 Å². The molecule has 0 saturated carbocycles. The SMILES string of the molecule is CC(=O)N1CCC(CNc2ccnc3c(F)cc(F)cc23)CC1. The lowest BCUT2D eigenvalue weighted by atomic mass is 9.96. The second-order valence-electron chi connectivity index (χ2n) is 5.97. The van der Waals surface area contributed by atoms with Gasteiger partial charge in [-0.25, -0.2) is 8.78 Å². The number of rotatable bonds is 3. The lowest BCUT2D eigenvalue weighted by Gasteiger charge is -2.31. The molecule has 1 aromatic carbocycles. The van der Waals surface area contributed by atoms with Crippen molar-refractivity contribution in [2.45, 2.75) is 19.8 Å². The Morgan fingerprint density at radius 3 is 2.78 bits per heavy atom. The van der Waals surface area contributed by atoms with Gasteiger partial charge in [-0.2, -0.15) is 0 Å². The van der Waals surface area contributed by atoms with E-state index >= 15 is 0 Å². The molecule has 1 saturated heterocycles. The first-order chi connectivity index (χ1) is 11.0. The van der Waals surface area contributed by atoms with E-state index < -0.39 is 11.6 Å². The summed E-state index contributed by atoms with van der Waals surface area (Å²) in [4.78, 5) is 17.2. The van der Waals surface area contributed by atoms with Crippen LogP contribution in [0.4, 0.5) is 14.5 Å². The molecule has 4 nitrogen and oxygen atoms in total. The molecule has 23 heavy (non-hydrogen) atoms. The molecule has 0 aliphatic carbocycles. The van der Waals surface area contributed by atoms with Crippen LogP contribution in [0.3, 0.4) is 0 Å². The predicted octanol–water partition coefficient (Wildman–Crippen LogP) is 3.18. The Balaban J connectivity index is 1.70. The number of amides is 1. The first-order valence-electron chi connectivity index (χ1n) is 7.77. The van der Waals surface area contributed by atoms with Crippen molar-refractivity contribution in [3.05, 3.63) is 36.0 Å². The second kappa shape index (κ2) is 6.48. The molecule has 1 aliphatic rings. The van der Waals surface area contributed by atoms with Gasteiger partial charge in [0.2, 0.25) is 5.91 Å². The molecule has 0 unspecified atom stereocenters. The molecule has 1 fully saturated rings. The van der Waals surface area contributed by atoms with Gasteiger partial charge >= 0.3 is 0 Å². The molecule has 1 aliphatic heterocycles. The number of likely N-dealkylation sites (tertiary alicyclic amines) is 1. The third-order valence-corrected chi connectivity index (χ3v) is 4.40. The van der Waals surface area contributed by atoms with Crippen LogP contribution < -0.4 is 5.32 Å². The highest BCUT2D eigenvalue weighted by Gasteiger charge is 2.20. The molecule has 2 aromatic rings. The van der Waals surface area contributed by atoms with Crippen LogP contribution in [0.1, 0.15) is 19.8 Å². The summed E-state index contributed by atoms with van der Waals surface area (Å²) in [6.45, 7) is 3.83. The van der Waals surface area contributed by atoms with Crippen LogP contribution in [-0.2, 0) is 4.79 Å². The van der Waals surface area contributed by atoms with Crippen LogP contribution in [0.25, 0.3) is 10.9 Å². The van der Waals surface area contributed by atoms with Gasteiger partial charge in [0.25, 0.3) is 0 Å². The molecular weight excluding hydrogens is 300 g/mol. The second-order valence-corrected chi connectivity index (χ2v) is 5.97. The van der Waals surface area contributed by atoms with Gasteiger partial charge in [-0.15, -0.1) is 0 Å². The Morgan fingerprint density at radius 1 is 1.35 bits per heavy atom. The summed E-state index contributed by atoms with van der Waals surface area (Å²) in [7, 11) is 0. The lowest BCUT2D eigenvalue weighted by Crippen LogP contribution is -2.38. The standard InChI is InChI=1S/C17H19F2N3O/c1-11(23)22-6-3-12(4-7-22)10-21-16-2-5-20-17-14(16)8-13(18)9-15(17)19/h2,5,8-9,12H,3-4,6-7,10H2,1H3,(H,20,21). The summed E-state index contributed by atoms with van der Waals surface area (Å²) in [5.74, 6) is -0.714. The summed E-state index contributed by atoms with van der Waals surface area (Å²) in [6, 6.07) is 3.87. The van der Waals surface area contributed by atoms with Gasteiger partial charge in [0.15, 0.2) is 5.82 Å². The van der Waals surface area contributed by atoms with Gasteiger partial charge in [0, 0.05) is 49.9 Å². The number of fused-ring (bicyclic) bond motifs is 1. The highest BCUT2D eigenvalue weighted by atomic mass is 19.1. The molecule has 0 spiro atoms. The number of hydrogen-bond acceptors (Lipinski definition) is 3. The fourth-order valence-electron chi connectivity index (χ4n) is 3.04. The summed E-state index contributed by atoms with van der Waals surface area (Å²) in [5.41, 5.74) is 0.852. The minimum absolute atomic E-state index is 0.113. The maximum atomic E-state index is 13.8. The average Bonchev–Trinajstić information content (AvgIpc) is 2.53. The smallest absolute Gasteiger partial charge is 0.219 e. The summed E-state index contributed by atoms with van der Waals surface area (Å²) < 4.78 is 27.2. The third-order valence-electron chi connectivity index (χ3n) is 4.40. The number of aromatic nitrogens is 1. The molecule has 1 amide bonds. The highest BCUT2D eigenvalue weighted by molar-refractivity contribution is 5.91. The molecule has 3 rings (SSSR count).